The van der Waals surface area contributed by atoms with E-state index in [4.69, 9.17) is 0 Å². The quantitative estimate of drug-likeness (QED) is 0.809. The molecule has 6 heteroatoms. The maximum Gasteiger partial charge on any atom is 0.227 e. The van der Waals surface area contributed by atoms with Crippen molar-refractivity contribution >= 4 is 38.8 Å². The van der Waals surface area contributed by atoms with Gasteiger partial charge in [-0.3, -0.25) is 10.1 Å². The molecule has 0 aliphatic heterocycles. The van der Waals surface area contributed by atoms with Gasteiger partial charge in [0.1, 0.15) is 5.82 Å². The molecule has 1 saturated carbocycles. The zero-order chi connectivity index (χ0) is 16.8. The zero-order valence-corrected chi connectivity index (χ0v) is 15.2. The van der Waals surface area contributed by atoms with Gasteiger partial charge in [0, 0.05) is 12.5 Å². The van der Waals surface area contributed by atoms with Crippen molar-refractivity contribution in [1.82, 2.24) is 9.55 Å². The molecule has 1 amide bonds. The highest BCUT2D eigenvalue weighted by Gasteiger charge is 2.28. The Morgan fingerprint density at radius 3 is 2.70 bits per heavy atom. The predicted molar refractivity (Wildman–Crippen MR) is 93.0 cm³/mol. The number of nitrogens with one attached hydrogen (secondary N) is 1. The number of carbonyl (C=O) groups excluding carboxylic acids is 1. The van der Waals surface area contributed by atoms with Gasteiger partial charge in [0.25, 0.3) is 0 Å². The molecule has 1 fully saturated rings. The highest BCUT2D eigenvalue weighted by Crippen LogP contribution is 2.40. The van der Waals surface area contributed by atoms with Crippen LogP contribution < -0.4 is 5.32 Å². The van der Waals surface area contributed by atoms with E-state index in [0.29, 0.717) is 22.4 Å². The molecule has 0 unspecified atom stereocenters. The lowest BCUT2D eigenvalue weighted by Crippen LogP contribution is -2.24. The Kier molecular flexibility index (Phi) is 4.21. The van der Waals surface area contributed by atoms with Gasteiger partial charge in [-0.25, -0.2) is 9.37 Å². The Hall–Kier alpha value is -1.43. The monoisotopic (exact) mass is 381 g/mol. The minimum Gasteiger partial charge on any atom is -0.306 e. The van der Waals surface area contributed by atoms with Crippen molar-refractivity contribution in [2.45, 2.75) is 52.5 Å². The van der Waals surface area contributed by atoms with Crippen LogP contribution in [0.2, 0.25) is 0 Å². The van der Waals surface area contributed by atoms with Gasteiger partial charge in [-0.1, -0.05) is 20.8 Å². The van der Waals surface area contributed by atoms with Crippen LogP contribution in [0.4, 0.5) is 10.3 Å². The first-order valence-electron chi connectivity index (χ1n) is 7.92. The minimum atomic E-state index is -0.314. The van der Waals surface area contributed by atoms with Crippen molar-refractivity contribution in [3.63, 3.8) is 0 Å². The molecule has 1 heterocycles. The number of amides is 1. The highest BCUT2D eigenvalue weighted by atomic mass is 79.9. The van der Waals surface area contributed by atoms with Crippen LogP contribution in [0, 0.1) is 11.2 Å². The molecule has 0 radical (unpaired) electrons. The summed E-state index contributed by atoms with van der Waals surface area (Å²) < 4.78 is 16.3. The summed E-state index contributed by atoms with van der Waals surface area (Å²) in [6.07, 6.45) is 3.61. The largest absolute Gasteiger partial charge is 0.306 e. The molecular weight excluding hydrogens is 361 g/mol. The number of imidazole rings is 1. The SMILES string of the molecule is CC(C)(C)CC(=O)Nc1nc2ccc(F)c(Br)c2n1C1CCC1. The van der Waals surface area contributed by atoms with Crippen LogP contribution in [-0.4, -0.2) is 15.5 Å². The Morgan fingerprint density at radius 1 is 1.43 bits per heavy atom. The smallest absolute Gasteiger partial charge is 0.227 e. The third-order valence-electron chi connectivity index (χ3n) is 4.13. The first-order valence-corrected chi connectivity index (χ1v) is 8.71. The van der Waals surface area contributed by atoms with Gasteiger partial charge >= 0.3 is 0 Å². The van der Waals surface area contributed by atoms with Crippen LogP contribution in [0.5, 0.6) is 0 Å². The second kappa shape index (κ2) is 5.89. The van der Waals surface area contributed by atoms with E-state index in [0.717, 1.165) is 24.8 Å². The third kappa shape index (κ3) is 3.27. The number of nitrogens with zero attached hydrogens (tertiary/aromatic N) is 2. The Bertz CT molecular complexity index is 759. The van der Waals surface area contributed by atoms with Gasteiger partial charge < -0.3 is 4.57 Å². The van der Waals surface area contributed by atoms with E-state index in [1.807, 2.05) is 25.3 Å². The highest BCUT2D eigenvalue weighted by molar-refractivity contribution is 9.10. The Morgan fingerprint density at radius 2 is 2.13 bits per heavy atom. The topological polar surface area (TPSA) is 46.9 Å². The molecule has 3 rings (SSSR count). The Balaban J connectivity index is 2.02. The maximum absolute atomic E-state index is 13.9. The van der Waals surface area contributed by atoms with Crippen molar-refractivity contribution in [3.05, 3.63) is 22.4 Å². The maximum atomic E-state index is 13.9. The number of hydrogen-bond donors (Lipinski definition) is 1. The van der Waals surface area contributed by atoms with Crippen molar-refractivity contribution in [1.29, 1.82) is 0 Å². The Labute approximate surface area is 143 Å². The summed E-state index contributed by atoms with van der Waals surface area (Å²) in [5.41, 5.74) is 1.32. The fourth-order valence-corrected chi connectivity index (χ4v) is 3.39. The standard InChI is InChI=1S/C17H21BrFN3O/c1-17(2,3)9-13(23)21-16-20-12-8-7-11(19)14(18)15(12)22(16)10-5-4-6-10/h7-8,10H,4-6,9H2,1-3H3,(H,20,21,23). The molecule has 0 bridgehead atoms. The number of hydrogen-bond acceptors (Lipinski definition) is 2. The summed E-state index contributed by atoms with van der Waals surface area (Å²) in [6, 6.07) is 3.32. The van der Waals surface area contributed by atoms with E-state index >= 15 is 0 Å². The van der Waals surface area contributed by atoms with Crippen molar-refractivity contribution < 1.29 is 9.18 Å². The van der Waals surface area contributed by atoms with E-state index in [-0.39, 0.29) is 23.2 Å². The lowest BCUT2D eigenvalue weighted by Gasteiger charge is -2.29. The van der Waals surface area contributed by atoms with E-state index in [9.17, 15) is 9.18 Å². The van der Waals surface area contributed by atoms with Crippen molar-refractivity contribution in [2.75, 3.05) is 5.32 Å². The number of anilines is 1. The fraction of sp³-hybridized carbons (Fsp3) is 0.529. The molecule has 0 spiro atoms. The molecule has 0 saturated heterocycles. The van der Waals surface area contributed by atoms with Gasteiger partial charge in [0.05, 0.1) is 15.5 Å². The molecule has 0 atom stereocenters. The van der Waals surface area contributed by atoms with Gasteiger partial charge in [0.2, 0.25) is 11.9 Å². The zero-order valence-electron chi connectivity index (χ0n) is 13.6. The average molecular weight is 382 g/mol. The second-order valence-electron chi connectivity index (χ2n) is 7.40. The molecule has 124 valence electrons. The molecular formula is C17H21BrFN3O. The molecule has 2 aromatic rings. The van der Waals surface area contributed by atoms with Gasteiger partial charge in [-0.15, -0.1) is 0 Å². The molecule has 1 aliphatic rings. The molecule has 1 aromatic heterocycles. The van der Waals surface area contributed by atoms with Gasteiger partial charge in [0.15, 0.2) is 0 Å². The molecule has 1 aliphatic carbocycles. The van der Waals surface area contributed by atoms with E-state index in [1.54, 1.807) is 6.07 Å². The van der Waals surface area contributed by atoms with E-state index in [1.165, 1.54) is 6.07 Å². The lowest BCUT2D eigenvalue weighted by atomic mass is 9.92. The van der Waals surface area contributed by atoms with E-state index < -0.39 is 0 Å². The summed E-state index contributed by atoms with van der Waals surface area (Å²) >= 11 is 3.33. The van der Waals surface area contributed by atoms with Gasteiger partial charge in [-0.2, -0.15) is 0 Å². The van der Waals surface area contributed by atoms with Crippen LogP contribution >= 0.6 is 15.9 Å². The van der Waals surface area contributed by atoms with Crippen molar-refractivity contribution in [3.8, 4) is 0 Å². The summed E-state index contributed by atoms with van der Waals surface area (Å²) in [6.45, 7) is 6.06. The number of rotatable bonds is 3. The summed E-state index contributed by atoms with van der Waals surface area (Å²) in [4.78, 5) is 16.8. The van der Waals surface area contributed by atoms with Crippen LogP contribution in [-0.2, 0) is 4.79 Å². The first-order chi connectivity index (χ1) is 10.8. The van der Waals surface area contributed by atoms with E-state index in [2.05, 4.69) is 26.2 Å². The van der Waals surface area contributed by atoms with Crippen LogP contribution in [0.1, 0.15) is 52.5 Å². The summed E-state index contributed by atoms with van der Waals surface area (Å²) in [7, 11) is 0. The number of aromatic nitrogens is 2. The number of halogens is 2. The molecule has 23 heavy (non-hydrogen) atoms. The summed E-state index contributed by atoms with van der Waals surface area (Å²) in [5, 5.41) is 2.92. The summed E-state index contributed by atoms with van der Waals surface area (Å²) in [5.74, 6) is 0.140. The third-order valence-corrected chi connectivity index (χ3v) is 4.88. The number of fused-ring (bicyclic) bond motifs is 1. The van der Waals surface area contributed by atoms with Crippen LogP contribution in [0.15, 0.2) is 16.6 Å². The minimum absolute atomic E-state index is 0.0648. The molecule has 1 N–H and O–H groups in total. The normalized spacial score (nSPS) is 15.7. The number of benzene rings is 1. The fourth-order valence-electron chi connectivity index (χ4n) is 2.86. The predicted octanol–water partition coefficient (Wildman–Crippen LogP) is 5.04. The van der Waals surface area contributed by atoms with Crippen molar-refractivity contribution in [2.24, 2.45) is 5.41 Å². The molecule has 4 nitrogen and oxygen atoms in total. The number of carbonyl (C=O) groups is 1. The van der Waals surface area contributed by atoms with Crippen LogP contribution in [0.25, 0.3) is 11.0 Å². The molecule has 1 aromatic carbocycles. The average Bonchev–Trinajstić information content (AvgIpc) is 2.69. The lowest BCUT2D eigenvalue weighted by molar-refractivity contribution is -0.117. The van der Waals surface area contributed by atoms with Gasteiger partial charge in [-0.05, 0) is 52.7 Å². The first kappa shape index (κ1) is 16.4. The van der Waals surface area contributed by atoms with Crippen LogP contribution in [0.3, 0.4) is 0 Å². The second-order valence-corrected chi connectivity index (χ2v) is 8.20.